The van der Waals surface area contributed by atoms with Gasteiger partial charge in [-0.05, 0) is 50.0 Å². The van der Waals surface area contributed by atoms with Crippen LogP contribution in [0.2, 0.25) is 0 Å². The molecular formula is C14H27N. The second-order valence-corrected chi connectivity index (χ2v) is 5.94. The summed E-state index contributed by atoms with van der Waals surface area (Å²) in [6, 6.07) is 0.891. The summed E-state index contributed by atoms with van der Waals surface area (Å²) < 4.78 is 0. The number of nitrogens with one attached hydrogen (secondary N) is 1. The van der Waals surface area contributed by atoms with E-state index in [4.69, 9.17) is 0 Å². The Morgan fingerprint density at radius 3 is 2.80 bits per heavy atom. The molecule has 0 aliphatic heterocycles. The molecule has 2 aliphatic rings. The number of rotatable bonds is 5. The largest absolute Gasteiger partial charge is 0.313 e. The van der Waals surface area contributed by atoms with E-state index >= 15 is 0 Å². The Morgan fingerprint density at radius 1 is 1.20 bits per heavy atom. The SMILES string of the molecule is CCCC1CC1NCC1CCCC(C)C1. The summed E-state index contributed by atoms with van der Waals surface area (Å²) in [5.74, 6) is 2.99. The van der Waals surface area contributed by atoms with Crippen LogP contribution < -0.4 is 5.32 Å². The lowest BCUT2D eigenvalue weighted by Gasteiger charge is -2.26. The molecule has 4 unspecified atom stereocenters. The highest BCUT2D eigenvalue weighted by molar-refractivity contribution is 4.93. The molecular weight excluding hydrogens is 182 g/mol. The molecule has 0 aromatic rings. The van der Waals surface area contributed by atoms with Gasteiger partial charge in [-0.15, -0.1) is 0 Å². The predicted octanol–water partition coefficient (Wildman–Crippen LogP) is 3.59. The van der Waals surface area contributed by atoms with Gasteiger partial charge in [0.2, 0.25) is 0 Å². The third kappa shape index (κ3) is 3.48. The summed E-state index contributed by atoms with van der Waals surface area (Å²) >= 11 is 0. The van der Waals surface area contributed by atoms with Crippen molar-refractivity contribution in [3.63, 3.8) is 0 Å². The summed E-state index contributed by atoms with van der Waals surface area (Å²) in [4.78, 5) is 0. The molecule has 0 bridgehead atoms. The molecule has 1 heteroatoms. The average Bonchev–Trinajstić information content (AvgIpc) is 2.95. The van der Waals surface area contributed by atoms with Crippen molar-refractivity contribution >= 4 is 0 Å². The topological polar surface area (TPSA) is 12.0 Å². The highest BCUT2D eigenvalue weighted by Crippen LogP contribution is 2.35. The maximum atomic E-state index is 3.78. The van der Waals surface area contributed by atoms with Crippen molar-refractivity contribution in [2.75, 3.05) is 6.54 Å². The van der Waals surface area contributed by atoms with Crippen LogP contribution in [0.25, 0.3) is 0 Å². The maximum absolute atomic E-state index is 3.78. The zero-order valence-corrected chi connectivity index (χ0v) is 10.5. The van der Waals surface area contributed by atoms with E-state index in [9.17, 15) is 0 Å². The summed E-state index contributed by atoms with van der Waals surface area (Å²) in [5.41, 5.74) is 0. The van der Waals surface area contributed by atoms with Crippen LogP contribution in [-0.4, -0.2) is 12.6 Å². The first-order valence-corrected chi connectivity index (χ1v) is 7.03. The third-order valence-electron chi connectivity index (χ3n) is 4.30. The van der Waals surface area contributed by atoms with Gasteiger partial charge in [0.05, 0.1) is 0 Å². The minimum atomic E-state index is 0.891. The van der Waals surface area contributed by atoms with Gasteiger partial charge in [0, 0.05) is 6.04 Å². The summed E-state index contributed by atoms with van der Waals surface area (Å²) in [6.45, 7) is 6.02. The Balaban J connectivity index is 1.58. The van der Waals surface area contributed by atoms with E-state index in [1.54, 1.807) is 0 Å². The average molecular weight is 209 g/mol. The van der Waals surface area contributed by atoms with Gasteiger partial charge in [0.25, 0.3) is 0 Å². The van der Waals surface area contributed by atoms with Gasteiger partial charge in [0.15, 0.2) is 0 Å². The molecule has 0 heterocycles. The van der Waals surface area contributed by atoms with Crippen molar-refractivity contribution in [1.29, 1.82) is 0 Å². The smallest absolute Gasteiger partial charge is 0.00992 e. The fourth-order valence-electron chi connectivity index (χ4n) is 3.25. The molecule has 2 aliphatic carbocycles. The van der Waals surface area contributed by atoms with Crippen LogP contribution in [0.15, 0.2) is 0 Å². The molecule has 4 atom stereocenters. The van der Waals surface area contributed by atoms with E-state index < -0.39 is 0 Å². The molecule has 0 saturated heterocycles. The summed E-state index contributed by atoms with van der Waals surface area (Å²) in [6.07, 6.45) is 10.1. The van der Waals surface area contributed by atoms with Gasteiger partial charge in [-0.3, -0.25) is 0 Å². The van der Waals surface area contributed by atoms with E-state index in [-0.39, 0.29) is 0 Å². The quantitative estimate of drug-likeness (QED) is 0.729. The normalized spacial score (nSPS) is 40.4. The molecule has 1 nitrogen and oxygen atoms in total. The predicted molar refractivity (Wildman–Crippen MR) is 65.9 cm³/mol. The molecule has 0 aromatic heterocycles. The van der Waals surface area contributed by atoms with Crippen LogP contribution in [0.3, 0.4) is 0 Å². The van der Waals surface area contributed by atoms with Crippen LogP contribution >= 0.6 is 0 Å². The fraction of sp³-hybridized carbons (Fsp3) is 1.00. The van der Waals surface area contributed by atoms with Crippen LogP contribution in [0, 0.1) is 17.8 Å². The van der Waals surface area contributed by atoms with Crippen LogP contribution in [-0.2, 0) is 0 Å². The minimum absolute atomic E-state index is 0.891. The Bertz CT molecular complexity index is 190. The Hall–Kier alpha value is -0.0400. The van der Waals surface area contributed by atoms with E-state index in [1.807, 2.05) is 0 Å². The highest BCUT2D eigenvalue weighted by Gasteiger charge is 2.35. The molecule has 15 heavy (non-hydrogen) atoms. The molecule has 2 fully saturated rings. The molecule has 2 saturated carbocycles. The van der Waals surface area contributed by atoms with Gasteiger partial charge in [-0.25, -0.2) is 0 Å². The zero-order valence-electron chi connectivity index (χ0n) is 10.5. The lowest BCUT2D eigenvalue weighted by atomic mass is 9.82. The first-order chi connectivity index (χ1) is 7.29. The molecule has 1 N–H and O–H groups in total. The van der Waals surface area contributed by atoms with Crippen molar-refractivity contribution < 1.29 is 0 Å². The number of hydrogen-bond acceptors (Lipinski definition) is 1. The van der Waals surface area contributed by atoms with Crippen molar-refractivity contribution in [2.45, 2.75) is 64.8 Å². The second kappa shape index (κ2) is 5.34. The Morgan fingerprint density at radius 2 is 2.07 bits per heavy atom. The van der Waals surface area contributed by atoms with Crippen molar-refractivity contribution in [2.24, 2.45) is 17.8 Å². The fourth-order valence-corrected chi connectivity index (χ4v) is 3.25. The maximum Gasteiger partial charge on any atom is 0.00992 e. The lowest BCUT2D eigenvalue weighted by Crippen LogP contribution is -2.28. The summed E-state index contributed by atoms with van der Waals surface area (Å²) in [7, 11) is 0. The molecule has 0 radical (unpaired) electrons. The molecule has 0 aromatic carbocycles. The lowest BCUT2D eigenvalue weighted by molar-refractivity contribution is 0.272. The van der Waals surface area contributed by atoms with E-state index in [1.165, 1.54) is 51.5 Å². The third-order valence-corrected chi connectivity index (χ3v) is 4.30. The minimum Gasteiger partial charge on any atom is -0.313 e. The monoisotopic (exact) mass is 209 g/mol. The second-order valence-electron chi connectivity index (χ2n) is 5.94. The molecule has 0 spiro atoms. The van der Waals surface area contributed by atoms with Crippen molar-refractivity contribution in [1.82, 2.24) is 5.32 Å². The first kappa shape index (κ1) is 11.4. The summed E-state index contributed by atoms with van der Waals surface area (Å²) in [5, 5.41) is 3.78. The van der Waals surface area contributed by atoms with E-state index in [0.717, 1.165) is 23.8 Å². The zero-order chi connectivity index (χ0) is 10.7. The van der Waals surface area contributed by atoms with Crippen molar-refractivity contribution in [3.05, 3.63) is 0 Å². The van der Waals surface area contributed by atoms with Gasteiger partial charge in [-0.1, -0.05) is 33.1 Å². The van der Waals surface area contributed by atoms with Gasteiger partial charge in [0.1, 0.15) is 0 Å². The van der Waals surface area contributed by atoms with Crippen LogP contribution in [0.4, 0.5) is 0 Å². The van der Waals surface area contributed by atoms with Crippen LogP contribution in [0.1, 0.15) is 58.8 Å². The first-order valence-electron chi connectivity index (χ1n) is 7.03. The van der Waals surface area contributed by atoms with Gasteiger partial charge in [-0.2, -0.15) is 0 Å². The van der Waals surface area contributed by atoms with Crippen LogP contribution in [0.5, 0.6) is 0 Å². The molecule has 2 rings (SSSR count). The Labute approximate surface area is 95.0 Å². The molecule has 88 valence electrons. The highest BCUT2D eigenvalue weighted by atomic mass is 15.0. The van der Waals surface area contributed by atoms with E-state index in [0.29, 0.717) is 0 Å². The van der Waals surface area contributed by atoms with Gasteiger partial charge < -0.3 is 5.32 Å². The van der Waals surface area contributed by atoms with Gasteiger partial charge >= 0.3 is 0 Å². The number of hydrogen-bond donors (Lipinski definition) is 1. The standard InChI is InChI=1S/C14H27N/c1-3-5-13-9-14(13)15-10-12-7-4-6-11(2)8-12/h11-15H,3-10H2,1-2H3. The Kier molecular flexibility index (Phi) is 4.07. The van der Waals surface area contributed by atoms with E-state index in [2.05, 4.69) is 19.2 Å². The van der Waals surface area contributed by atoms with Crippen molar-refractivity contribution in [3.8, 4) is 0 Å². The molecule has 0 amide bonds.